The first-order chi connectivity index (χ1) is 20.5. The fraction of sp³-hybridized carbons (Fsp3) is 0.233. The molecule has 3 rings (SSSR count). The predicted molar refractivity (Wildman–Crippen MR) is 147 cm³/mol. The van der Waals surface area contributed by atoms with Crippen molar-refractivity contribution in [3.8, 4) is 5.75 Å². The van der Waals surface area contributed by atoms with Gasteiger partial charge in [-0.15, -0.1) is 0 Å². The number of nitrogens with zero attached hydrogens (tertiary/aromatic N) is 2. The Hall–Kier alpha value is -4.94. The van der Waals surface area contributed by atoms with E-state index in [1.807, 2.05) is 0 Å². The molecule has 0 saturated heterocycles. The molecule has 0 saturated carbocycles. The summed E-state index contributed by atoms with van der Waals surface area (Å²) in [7, 11) is 3.79. The van der Waals surface area contributed by atoms with Crippen molar-refractivity contribution in [1.29, 1.82) is 0 Å². The molecule has 1 unspecified atom stereocenters. The molecule has 228 valence electrons. The number of hydrogen-bond acceptors (Lipinski definition) is 8. The van der Waals surface area contributed by atoms with E-state index in [2.05, 4.69) is 10.3 Å². The summed E-state index contributed by atoms with van der Waals surface area (Å²) in [6.45, 7) is 1.20. The number of methoxy groups -OCH3 is 2. The molecule has 43 heavy (non-hydrogen) atoms. The van der Waals surface area contributed by atoms with Gasteiger partial charge < -0.3 is 23.9 Å². The fourth-order valence-electron chi connectivity index (χ4n) is 3.85. The van der Waals surface area contributed by atoms with E-state index in [0.29, 0.717) is 11.1 Å². The molecule has 1 atom stereocenters. The van der Waals surface area contributed by atoms with Crippen LogP contribution in [0.15, 0.2) is 77.2 Å². The predicted octanol–water partition coefficient (Wildman–Crippen LogP) is 6.84. The van der Waals surface area contributed by atoms with Crippen LogP contribution in [0.1, 0.15) is 40.8 Å². The number of carbonyl (C=O) groups excluding carboxylic acids is 1. The van der Waals surface area contributed by atoms with Crippen molar-refractivity contribution in [3.05, 3.63) is 106 Å². The highest BCUT2D eigenvalue weighted by Gasteiger charge is 2.30. The number of alkyl halides is 3. The maximum absolute atomic E-state index is 15.0. The summed E-state index contributed by atoms with van der Waals surface area (Å²) in [6.07, 6.45) is -3.08. The van der Waals surface area contributed by atoms with Gasteiger partial charge in [-0.05, 0) is 36.2 Å². The lowest BCUT2D eigenvalue weighted by Crippen LogP contribution is -2.10. The molecule has 0 heterocycles. The number of ether oxygens (including phenoxy) is 3. The minimum atomic E-state index is -4.56. The Balaban J connectivity index is 1.79. The van der Waals surface area contributed by atoms with Gasteiger partial charge in [0.05, 0.1) is 32.3 Å². The molecule has 0 radical (unpaired) electrons. The zero-order valence-electron chi connectivity index (χ0n) is 23.4. The number of hydrogen-bond donors (Lipinski definition) is 0. The largest absolute Gasteiger partial charge is 0.503 e. The number of carbonyl (C=O) groups is 1. The topological polar surface area (TPSA) is 87.9 Å². The van der Waals surface area contributed by atoms with Crippen molar-refractivity contribution in [2.24, 2.45) is 10.3 Å². The highest BCUT2D eigenvalue weighted by atomic mass is 19.4. The van der Waals surface area contributed by atoms with E-state index in [-0.39, 0.29) is 22.4 Å². The first kappa shape index (κ1) is 32.6. The molecule has 0 aliphatic carbocycles. The Morgan fingerprint density at radius 1 is 0.953 bits per heavy atom. The van der Waals surface area contributed by atoms with E-state index >= 15 is 4.39 Å². The van der Waals surface area contributed by atoms with Gasteiger partial charge in [0.15, 0.2) is 11.6 Å². The van der Waals surface area contributed by atoms with Crippen molar-refractivity contribution >= 4 is 23.5 Å². The van der Waals surface area contributed by atoms with Crippen molar-refractivity contribution < 1.29 is 50.6 Å². The molecule has 3 aromatic carbocycles. The van der Waals surface area contributed by atoms with E-state index in [9.17, 15) is 22.4 Å². The van der Waals surface area contributed by atoms with Crippen LogP contribution in [-0.2, 0) is 36.7 Å². The van der Waals surface area contributed by atoms with E-state index < -0.39 is 47.8 Å². The van der Waals surface area contributed by atoms with Gasteiger partial charge >= 0.3 is 12.1 Å². The van der Waals surface area contributed by atoms with E-state index in [0.717, 1.165) is 30.5 Å². The van der Waals surface area contributed by atoms with Crippen LogP contribution in [0.3, 0.4) is 0 Å². The molecule has 0 bridgehead atoms. The normalized spacial score (nSPS) is 13.0. The highest BCUT2D eigenvalue weighted by Crippen LogP contribution is 2.31. The number of halogens is 5. The van der Waals surface area contributed by atoms with Gasteiger partial charge in [-0.3, -0.25) is 0 Å². The lowest BCUT2D eigenvalue weighted by Gasteiger charge is -2.16. The number of rotatable bonds is 12. The van der Waals surface area contributed by atoms with Crippen LogP contribution in [0, 0.1) is 11.6 Å². The first-order valence-electron chi connectivity index (χ1n) is 12.5. The number of esters is 1. The quantitative estimate of drug-likeness (QED) is 0.0561. The van der Waals surface area contributed by atoms with E-state index in [1.54, 1.807) is 31.2 Å². The van der Waals surface area contributed by atoms with Crippen LogP contribution < -0.4 is 4.74 Å². The van der Waals surface area contributed by atoms with Crippen LogP contribution in [-0.4, -0.2) is 39.2 Å². The number of oxime groups is 2. The molecule has 13 heteroatoms. The van der Waals surface area contributed by atoms with E-state index in [4.69, 9.17) is 23.9 Å². The van der Waals surface area contributed by atoms with Gasteiger partial charge in [-0.2, -0.15) is 13.2 Å². The SMILES string of the molecule is COC=C(C(=O)OC)c1ccccc1C(C)ON=CC(=NOC)c1cc(F)c(OCc2cccc(C(F)(F)F)c2)cc1F. The smallest absolute Gasteiger partial charge is 0.416 e. The maximum atomic E-state index is 15.0. The minimum Gasteiger partial charge on any atom is -0.503 e. The van der Waals surface area contributed by atoms with Crippen LogP contribution in [0.5, 0.6) is 5.75 Å². The molecular weight excluding hydrogens is 579 g/mol. The zero-order valence-corrected chi connectivity index (χ0v) is 23.4. The monoisotopic (exact) mass is 606 g/mol. The Kier molecular flexibility index (Phi) is 11.2. The molecular formula is C30H27F5N2O6. The van der Waals surface area contributed by atoms with Gasteiger partial charge in [-0.25, -0.2) is 13.6 Å². The molecule has 0 N–H and O–H groups in total. The van der Waals surface area contributed by atoms with Gasteiger partial charge in [0, 0.05) is 17.2 Å². The summed E-state index contributed by atoms with van der Waals surface area (Å²) < 4.78 is 83.8. The average molecular weight is 607 g/mol. The molecule has 3 aromatic rings. The minimum absolute atomic E-state index is 0.108. The van der Waals surface area contributed by atoms with Crippen LogP contribution in [0.4, 0.5) is 22.0 Å². The van der Waals surface area contributed by atoms with Crippen molar-refractivity contribution in [1.82, 2.24) is 0 Å². The summed E-state index contributed by atoms with van der Waals surface area (Å²) >= 11 is 0. The molecule has 0 aliphatic heterocycles. The Morgan fingerprint density at radius 2 is 1.70 bits per heavy atom. The number of benzene rings is 3. The standard InChI is InChI=1S/C30H27F5N2O6/c1-18(21-10-5-6-11-22(21)24(17-39-2)29(38)40-3)43-36-15-27(37-41-4)23-13-26(32)28(14-25(23)31)42-16-19-8-7-9-20(12-19)30(33,34)35/h5-15,17-18H,16H2,1-4H3. The third-order valence-corrected chi connectivity index (χ3v) is 5.86. The Morgan fingerprint density at radius 3 is 2.37 bits per heavy atom. The zero-order chi connectivity index (χ0) is 31.6. The average Bonchev–Trinajstić information content (AvgIpc) is 2.99. The van der Waals surface area contributed by atoms with Crippen molar-refractivity contribution in [2.75, 3.05) is 21.3 Å². The van der Waals surface area contributed by atoms with Gasteiger partial charge in [0.1, 0.15) is 36.9 Å². The fourth-order valence-corrected chi connectivity index (χ4v) is 3.85. The van der Waals surface area contributed by atoms with Gasteiger partial charge in [-0.1, -0.05) is 46.7 Å². The molecule has 0 amide bonds. The van der Waals surface area contributed by atoms with E-state index in [1.165, 1.54) is 39.7 Å². The molecule has 8 nitrogen and oxygen atoms in total. The summed E-state index contributed by atoms with van der Waals surface area (Å²) in [5.74, 6) is -3.16. The Labute approximate surface area is 243 Å². The van der Waals surface area contributed by atoms with Gasteiger partial charge in [0.2, 0.25) is 0 Å². The lowest BCUT2D eigenvalue weighted by molar-refractivity contribution is -0.137. The van der Waals surface area contributed by atoms with Crippen LogP contribution in [0.2, 0.25) is 0 Å². The van der Waals surface area contributed by atoms with Gasteiger partial charge in [0.25, 0.3) is 0 Å². The van der Waals surface area contributed by atoms with Crippen molar-refractivity contribution in [3.63, 3.8) is 0 Å². The molecule has 0 spiro atoms. The Bertz CT molecular complexity index is 1520. The second-order valence-corrected chi connectivity index (χ2v) is 8.74. The first-order valence-corrected chi connectivity index (χ1v) is 12.5. The lowest BCUT2D eigenvalue weighted by atomic mass is 9.97. The summed E-state index contributed by atoms with van der Waals surface area (Å²) in [5, 5.41) is 7.51. The third-order valence-electron chi connectivity index (χ3n) is 5.86. The summed E-state index contributed by atoms with van der Waals surface area (Å²) in [6, 6.07) is 12.6. The molecule has 0 fully saturated rings. The summed E-state index contributed by atoms with van der Waals surface area (Å²) in [5.41, 5.74) is -0.269. The maximum Gasteiger partial charge on any atom is 0.416 e. The summed E-state index contributed by atoms with van der Waals surface area (Å²) in [4.78, 5) is 22.5. The molecule has 0 aromatic heterocycles. The molecule has 0 aliphatic rings. The van der Waals surface area contributed by atoms with Crippen molar-refractivity contribution in [2.45, 2.75) is 25.8 Å². The second kappa shape index (κ2) is 14.8. The third kappa shape index (κ3) is 8.53. The van der Waals surface area contributed by atoms with Crippen LogP contribution >= 0.6 is 0 Å². The van der Waals surface area contributed by atoms with Crippen LogP contribution in [0.25, 0.3) is 5.57 Å². The second-order valence-electron chi connectivity index (χ2n) is 8.74. The highest BCUT2D eigenvalue weighted by molar-refractivity contribution is 6.38.